The minimum absolute atomic E-state index is 0.0386. The van der Waals surface area contributed by atoms with Crippen LogP contribution >= 0.6 is 0 Å². The van der Waals surface area contributed by atoms with Gasteiger partial charge in [-0.25, -0.2) is 9.97 Å². The Kier molecular flexibility index (Phi) is 5.34. The molecule has 1 N–H and O–H groups in total. The molecule has 0 bridgehead atoms. The van der Waals surface area contributed by atoms with Crippen molar-refractivity contribution >= 4 is 11.5 Å². The molecule has 0 amide bonds. The van der Waals surface area contributed by atoms with Gasteiger partial charge in [0.05, 0.1) is 4.92 Å². The minimum Gasteiger partial charge on any atom is -0.359 e. The second kappa shape index (κ2) is 7.85. The summed E-state index contributed by atoms with van der Waals surface area (Å²) in [6.07, 6.45) is 0.754. The van der Waals surface area contributed by atoms with Gasteiger partial charge in [0.25, 0.3) is 5.69 Å². The average Bonchev–Trinajstić information content (AvgIpc) is 3.22. The number of nitro benzene ring substituents is 1. The number of hydrogen-bond donors (Lipinski definition) is 1. The molecule has 0 radical (unpaired) electrons. The monoisotopic (exact) mass is 368 g/mol. The lowest BCUT2D eigenvalue weighted by molar-refractivity contribution is -0.384. The Bertz CT molecular complexity index is 911. The number of nitro groups is 1. The molecule has 0 fully saturated rings. The van der Waals surface area contributed by atoms with E-state index in [2.05, 4.69) is 30.6 Å². The molecule has 140 valence electrons. The number of aryl methyl sites for hydroxylation is 1. The maximum Gasteiger partial charge on any atom is 0.269 e. The third kappa shape index (κ3) is 4.22. The molecule has 1 aromatic carbocycles. The zero-order valence-corrected chi connectivity index (χ0v) is 15.3. The molecule has 2 aromatic heterocycles. The van der Waals surface area contributed by atoms with Crippen LogP contribution in [0.5, 0.6) is 0 Å². The summed E-state index contributed by atoms with van der Waals surface area (Å²) in [4.78, 5) is 21.6. The van der Waals surface area contributed by atoms with E-state index in [4.69, 9.17) is 0 Å². The number of aromatic amines is 1. The van der Waals surface area contributed by atoms with Crippen molar-refractivity contribution in [1.82, 2.24) is 30.6 Å². The van der Waals surface area contributed by atoms with Gasteiger partial charge in [0.15, 0.2) is 11.6 Å². The average molecular weight is 368 g/mol. The molecule has 0 aliphatic rings. The number of nitrogens with zero attached hydrogens (tertiary/aromatic N) is 7. The van der Waals surface area contributed by atoms with Gasteiger partial charge < -0.3 is 4.90 Å². The van der Waals surface area contributed by atoms with Crippen molar-refractivity contribution in [2.75, 3.05) is 18.5 Å². The van der Waals surface area contributed by atoms with Gasteiger partial charge in [-0.1, -0.05) is 19.1 Å². The lowest BCUT2D eigenvalue weighted by Gasteiger charge is -2.22. The summed E-state index contributed by atoms with van der Waals surface area (Å²) in [6, 6.07) is 8.19. The fraction of sp³-hybridized carbons (Fsp3) is 0.353. The Labute approximate surface area is 155 Å². The lowest BCUT2D eigenvalue weighted by Crippen LogP contribution is -2.25. The Morgan fingerprint density at radius 1 is 1.26 bits per heavy atom. The van der Waals surface area contributed by atoms with Gasteiger partial charge in [0.1, 0.15) is 5.82 Å². The smallest absolute Gasteiger partial charge is 0.269 e. The molecule has 0 spiro atoms. The number of non-ortho nitro benzene ring substituents is 1. The van der Waals surface area contributed by atoms with Crippen molar-refractivity contribution in [3.05, 3.63) is 52.0 Å². The van der Waals surface area contributed by atoms with E-state index in [9.17, 15) is 10.1 Å². The molecule has 27 heavy (non-hydrogen) atoms. The van der Waals surface area contributed by atoms with E-state index in [0.717, 1.165) is 23.5 Å². The van der Waals surface area contributed by atoms with E-state index in [1.165, 1.54) is 12.1 Å². The van der Waals surface area contributed by atoms with E-state index >= 15 is 0 Å². The first-order valence-electron chi connectivity index (χ1n) is 8.55. The maximum atomic E-state index is 10.8. The van der Waals surface area contributed by atoms with Gasteiger partial charge in [-0.05, 0) is 18.6 Å². The Morgan fingerprint density at radius 2 is 2.00 bits per heavy atom. The van der Waals surface area contributed by atoms with Gasteiger partial charge >= 0.3 is 0 Å². The number of aromatic nitrogens is 6. The van der Waals surface area contributed by atoms with E-state index in [-0.39, 0.29) is 11.6 Å². The number of anilines is 1. The summed E-state index contributed by atoms with van der Waals surface area (Å²) in [5, 5.41) is 24.9. The fourth-order valence-corrected chi connectivity index (χ4v) is 2.69. The van der Waals surface area contributed by atoms with Crippen LogP contribution in [0.15, 0.2) is 30.3 Å². The van der Waals surface area contributed by atoms with Crippen LogP contribution in [0, 0.1) is 10.1 Å². The predicted molar refractivity (Wildman–Crippen MR) is 99.4 cm³/mol. The van der Waals surface area contributed by atoms with Crippen LogP contribution in [-0.2, 0) is 6.42 Å². The summed E-state index contributed by atoms with van der Waals surface area (Å²) in [5.74, 6) is 2.02. The van der Waals surface area contributed by atoms with Crippen LogP contribution in [0.25, 0.3) is 11.4 Å². The van der Waals surface area contributed by atoms with Crippen LogP contribution < -0.4 is 4.90 Å². The highest BCUT2D eigenvalue weighted by Gasteiger charge is 2.16. The second-order valence-corrected chi connectivity index (χ2v) is 6.25. The Hall–Kier alpha value is -3.43. The highest BCUT2D eigenvalue weighted by Crippen LogP contribution is 2.23. The molecular weight excluding hydrogens is 348 g/mol. The Balaban J connectivity index is 1.87. The van der Waals surface area contributed by atoms with Crippen molar-refractivity contribution in [3.8, 4) is 11.4 Å². The van der Waals surface area contributed by atoms with Crippen LogP contribution in [-0.4, -0.2) is 49.1 Å². The summed E-state index contributed by atoms with van der Waals surface area (Å²) in [7, 11) is 1.94. The Morgan fingerprint density at radius 3 is 2.59 bits per heavy atom. The molecule has 2 heterocycles. The molecule has 0 aliphatic heterocycles. The normalized spacial score (nSPS) is 12.0. The SMILES string of the molecule is CCc1cc(N(C)C[C@H](C)c2nn[nH]n2)nc(-c2ccc([N+](=O)[O-])cc2)n1. The zero-order valence-electron chi connectivity index (χ0n) is 15.3. The largest absolute Gasteiger partial charge is 0.359 e. The third-order valence-corrected chi connectivity index (χ3v) is 4.21. The summed E-state index contributed by atoms with van der Waals surface area (Å²) in [5.41, 5.74) is 1.67. The van der Waals surface area contributed by atoms with Gasteiger partial charge in [-0.3, -0.25) is 10.1 Å². The van der Waals surface area contributed by atoms with Crippen LogP contribution in [0.4, 0.5) is 11.5 Å². The fourth-order valence-electron chi connectivity index (χ4n) is 2.69. The molecule has 1 atom stereocenters. The molecule has 10 nitrogen and oxygen atoms in total. The van der Waals surface area contributed by atoms with Crippen LogP contribution in [0.1, 0.15) is 31.3 Å². The second-order valence-electron chi connectivity index (χ2n) is 6.25. The summed E-state index contributed by atoms with van der Waals surface area (Å²) >= 11 is 0. The standard InChI is InChI=1S/C17H20N8O2/c1-4-13-9-15(24(3)10-11(2)16-20-22-23-21-16)19-17(18-13)12-5-7-14(8-6-12)25(26)27/h5-9,11H,4,10H2,1-3H3,(H,20,21,22,23)/t11-/m0/s1. The summed E-state index contributed by atoms with van der Waals surface area (Å²) < 4.78 is 0. The number of benzene rings is 1. The number of H-pyrrole nitrogens is 1. The third-order valence-electron chi connectivity index (χ3n) is 4.21. The van der Waals surface area contributed by atoms with Crippen molar-refractivity contribution in [2.45, 2.75) is 26.2 Å². The highest BCUT2D eigenvalue weighted by molar-refractivity contribution is 5.60. The van der Waals surface area contributed by atoms with Crippen LogP contribution in [0.3, 0.4) is 0 Å². The molecule has 0 saturated carbocycles. The van der Waals surface area contributed by atoms with Gasteiger partial charge in [0.2, 0.25) is 0 Å². The van der Waals surface area contributed by atoms with E-state index in [0.29, 0.717) is 18.2 Å². The van der Waals surface area contributed by atoms with Gasteiger partial charge in [0, 0.05) is 49.0 Å². The van der Waals surface area contributed by atoms with Gasteiger partial charge in [-0.2, -0.15) is 5.21 Å². The first kappa shape index (κ1) is 18.4. The van der Waals surface area contributed by atoms with Crippen molar-refractivity contribution in [2.24, 2.45) is 0 Å². The van der Waals surface area contributed by atoms with Crippen molar-refractivity contribution in [1.29, 1.82) is 0 Å². The molecule has 0 saturated heterocycles. The lowest BCUT2D eigenvalue weighted by atomic mass is 10.1. The number of tetrazole rings is 1. The zero-order chi connectivity index (χ0) is 19.4. The van der Waals surface area contributed by atoms with Gasteiger partial charge in [-0.15, -0.1) is 10.2 Å². The number of rotatable bonds is 7. The van der Waals surface area contributed by atoms with E-state index < -0.39 is 4.92 Å². The molecule has 0 aliphatic carbocycles. The predicted octanol–water partition coefficient (Wildman–Crippen LogP) is 2.37. The number of likely N-dealkylation sites (N-methyl/N-ethyl adjacent to an activating group) is 1. The number of nitrogens with one attached hydrogen (secondary N) is 1. The topological polar surface area (TPSA) is 127 Å². The first-order chi connectivity index (χ1) is 13.0. The summed E-state index contributed by atoms with van der Waals surface area (Å²) in [6.45, 7) is 4.69. The number of hydrogen-bond acceptors (Lipinski definition) is 8. The maximum absolute atomic E-state index is 10.8. The van der Waals surface area contributed by atoms with Crippen molar-refractivity contribution in [3.63, 3.8) is 0 Å². The van der Waals surface area contributed by atoms with Crippen LogP contribution in [0.2, 0.25) is 0 Å². The molecular formula is C17H20N8O2. The molecule has 10 heteroatoms. The van der Waals surface area contributed by atoms with E-state index in [1.54, 1.807) is 12.1 Å². The molecule has 0 unspecified atom stereocenters. The molecule has 3 rings (SSSR count). The van der Waals surface area contributed by atoms with Crippen molar-refractivity contribution < 1.29 is 4.92 Å². The first-order valence-corrected chi connectivity index (χ1v) is 8.55. The van der Waals surface area contributed by atoms with E-state index in [1.807, 2.05) is 31.9 Å². The quantitative estimate of drug-likeness (QED) is 0.497. The molecule has 3 aromatic rings. The minimum atomic E-state index is -0.425. The highest BCUT2D eigenvalue weighted by atomic mass is 16.6.